The van der Waals surface area contributed by atoms with Gasteiger partial charge in [-0.1, -0.05) is 20.8 Å². The Bertz CT molecular complexity index is 601. The van der Waals surface area contributed by atoms with Crippen LogP contribution in [0.5, 0.6) is 0 Å². The van der Waals surface area contributed by atoms with Crippen molar-refractivity contribution in [1.82, 2.24) is 10.3 Å². The third kappa shape index (κ3) is 3.35. The molecule has 2 N–H and O–H groups in total. The van der Waals surface area contributed by atoms with Gasteiger partial charge in [0.15, 0.2) is 0 Å². The number of aliphatic hydroxyl groups excluding tert-OH is 1. The minimum Gasteiger partial charge on any atom is -0.396 e. The average Bonchev–Trinajstić information content (AvgIpc) is 2.84. The second-order valence-corrected chi connectivity index (χ2v) is 6.83. The number of fused-ring (bicyclic) bond motifs is 1. The Balaban J connectivity index is 2.17. The van der Waals surface area contributed by atoms with Gasteiger partial charge in [-0.25, -0.2) is 4.98 Å². The van der Waals surface area contributed by atoms with Crippen LogP contribution >= 0.6 is 11.3 Å². The van der Waals surface area contributed by atoms with Crippen LogP contribution in [0, 0.1) is 5.41 Å². The van der Waals surface area contributed by atoms with Crippen molar-refractivity contribution in [2.24, 2.45) is 5.41 Å². The number of aliphatic hydroxyl groups is 1. The van der Waals surface area contributed by atoms with E-state index in [1.54, 1.807) is 11.6 Å². The number of benzene rings is 1. The Morgan fingerprint density at radius 2 is 2.20 bits per heavy atom. The lowest BCUT2D eigenvalue weighted by molar-refractivity contribution is 0.0885. The molecule has 0 spiro atoms. The van der Waals surface area contributed by atoms with Crippen LogP contribution in [0.3, 0.4) is 0 Å². The summed E-state index contributed by atoms with van der Waals surface area (Å²) in [7, 11) is 0. The highest BCUT2D eigenvalue weighted by Crippen LogP contribution is 2.23. The minimum absolute atomic E-state index is 0.0582. The molecular weight excluding hydrogens is 272 g/mol. The lowest BCUT2D eigenvalue weighted by atomic mass is 9.85. The summed E-state index contributed by atoms with van der Waals surface area (Å²) < 4.78 is 1.01. The fourth-order valence-electron chi connectivity index (χ4n) is 2.09. The number of carbonyl (C=O) groups is 1. The number of carbonyl (C=O) groups excluding carboxylic acids is 1. The van der Waals surface area contributed by atoms with E-state index in [4.69, 9.17) is 5.11 Å². The standard InChI is InChI=1S/C15H20N2O2S/c1-15(2,3)13(6-7-18)17-14(19)10-4-5-11-12(8-10)20-9-16-11/h4-5,8-9,13,18H,6-7H2,1-3H3,(H,17,19). The number of thiazole rings is 1. The molecule has 0 radical (unpaired) electrons. The van der Waals surface area contributed by atoms with Crippen molar-refractivity contribution in [1.29, 1.82) is 0 Å². The van der Waals surface area contributed by atoms with Crippen molar-refractivity contribution < 1.29 is 9.90 Å². The quantitative estimate of drug-likeness (QED) is 0.911. The van der Waals surface area contributed by atoms with E-state index in [0.717, 1.165) is 10.2 Å². The number of hydrogen-bond donors (Lipinski definition) is 2. The summed E-state index contributed by atoms with van der Waals surface area (Å²) in [5, 5.41) is 12.2. The smallest absolute Gasteiger partial charge is 0.251 e. The Labute approximate surface area is 122 Å². The fraction of sp³-hybridized carbons (Fsp3) is 0.467. The zero-order valence-corrected chi connectivity index (χ0v) is 12.8. The maximum atomic E-state index is 12.3. The zero-order chi connectivity index (χ0) is 14.8. The number of nitrogens with one attached hydrogen (secondary N) is 1. The molecule has 0 saturated carbocycles. The molecule has 1 unspecified atom stereocenters. The van der Waals surface area contributed by atoms with Crippen LogP contribution in [0.2, 0.25) is 0 Å². The van der Waals surface area contributed by atoms with Crippen molar-refractivity contribution in [2.45, 2.75) is 33.2 Å². The topological polar surface area (TPSA) is 62.2 Å². The number of hydrogen-bond acceptors (Lipinski definition) is 4. The van der Waals surface area contributed by atoms with Crippen LogP contribution in [0.4, 0.5) is 0 Å². The summed E-state index contributed by atoms with van der Waals surface area (Å²) in [5.74, 6) is -0.103. The highest BCUT2D eigenvalue weighted by atomic mass is 32.1. The van der Waals surface area contributed by atoms with Crippen molar-refractivity contribution in [3.63, 3.8) is 0 Å². The van der Waals surface area contributed by atoms with E-state index in [-0.39, 0.29) is 24.0 Å². The summed E-state index contributed by atoms with van der Waals surface area (Å²) in [6.45, 7) is 6.23. The van der Waals surface area contributed by atoms with Crippen molar-refractivity contribution in [3.05, 3.63) is 29.3 Å². The van der Waals surface area contributed by atoms with E-state index >= 15 is 0 Å². The molecule has 0 aliphatic carbocycles. The van der Waals surface area contributed by atoms with Gasteiger partial charge in [0.1, 0.15) is 0 Å². The largest absolute Gasteiger partial charge is 0.396 e. The van der Waals surface area contributed by atoms with Crippen LogP contribution in [-0.2, 0) is 0 Å². The molecule has 1 heterocycles. The van der Waals surface area contributed by atoms with Gasteiger partial charge in [0, 0.05) is 18.2 Å². The van der Waals surface area contributed by atoms with Gasteiger partial charge in [-0.15, -0.1) is 11.3 Å². The number of aromatic nitrogens is 1. The molecule has 4 nitrogen and oxygen atoms in total. The third-order valence-electron chi connectivity index (χ3n) is 3.36. The molecule has 0 aliphatic rings. The average molecular weight is 292 g/mol. The molecule has 1 aromatic heterocycles. The molecule has 20 heavy (non-hydrogen) atoms. The molecule has 2 aromatic rings. The van der Waals surface area contributed by atoms with Gasteiger partial charge >= 0.3 is 0 Å². The van der Waals surface area contributed by atoms with Crippen LogP contribution in [0.1, 0.15) is 37.6 Å². The third-order valence-corrected chi connectivity index (χ3v) is 4.15. The molecule has 2 rings (SSSR count). The minimum atomic E-state index is -0.103. The second-order valence-electron chi connectivity index (χ2n) is 5.94. The maximum Gasteiger partial charge on any atom is 0.251 e. The van der Waals surface area contributed by atoms with Gasteiger partial charge in [-0.3, -0.25) is 4.79 Å². The highest BCUT2D eigenvalue weighted by Gasteiger charge is 2.26. The molecule has 1 aromatic carbocycles. The van der Waals surface area contributed by atoms with Gasteiger partial charge in [-0.2, -0.15) is 0 Å². The second kappa shape index (κ2) is 5.89. The number of amides is 1. The summed E-state index contributed by atoms with van der Waals surface area (Å²) >= 11 is 1.52. The molecule has 1 atom stereocenters. The van der Waals surface area contributed by atoms with Gasteiger partial charge in [-0.05, 0) is 30.0 Å². The highest BCUT2D eigenvalue weighted by molar-refractivity contribution is 7.16. The molecule has 1 amide bonds. The summed E-state index contributed by atoms with van der Waals surface area (Å²) in [6, 6.07) is 5.45. The Kier molecular flexibility index (Phi) is 4.40. The van der Waals surface area contributed by atoms with Crippen LogP contribution < -0.4 is 5.32 Å². The molecule has 0 saturated heterocycles. The fourth-order valence-corrected chi connectivity index (χ4v) is 2.81. The van der Waals surface area contributed by atoms with E-state index in [2.05, 4.69) is 31.1 Å². The van der Waals surface area contributed by atoms with E-state index in [0.29, 0.717) is 12.0 Å². The summed E-state index contributed by atoms with van der Waals surface area (Å²) in [4.78, 5) is 16.5. The van der Waals surface area contributed by atoms with Crippen molar-refractivity contribution in [3.8, 4) is 0 Å². The van der Waals surface area contributed by atoms with Gasteiger partial charge in [0.25, 0.3) is 5.91 Å². The summed E-state index contributed by atoms with van der Waals surface area (Å²) in [6.07, 6.45) is 0.554. The van der Waals surface area contributed by atoms with Gasteiger partial charge in [0.2, 0.25) is 0 Å². The number of rotatable bonds is 4. The first-order chi connectivity index (χ1) is 9.41. The molecule has 0 bridgehead atoms. The SMILES string of the molecule is CC(C)(C)C(CCO)NC(=O)c1ccc2ncsc2c1. The van der Waals surface area contributed by atoms with Gasteiger partial charge in [0.05, 0.1) is 15.7 Å². The van der Waals surface area contributed by atoms with E-state index < -0.39 is 0 Å². The lowest BCUT2D eigenvalue weighted by Gasteiger charge is -2.31. The van der Waals surface area contributed by atoms with E-state index in [1.165, 1.54) is 11.3 Å². The molecular formula is C15H20N2O2S. The molecule has 5 heteroatoms. The zero-order valence-electron chi connectivity index (χ0n) is 12.0. The normalized spacial score (nSPS) is 13.4. The first-order valence-electron chi connectivity index (χ1n) is 6.67. The Morgan fingerprint density at radius 3 is 2.85 bits per heavy atom. The maximum absolute atomic E-state index is 12.3. The molecule has 108 valence electrons. The monoisotopic (exact) mass is 292 g/mol. The first-order valence-corrected chi connectivity index (χ1v) is 7.55. The number of nitrogens with zero attached hydrogens (tertiary/aromatic N) is 1. The first kappa shape index (κ1) is 14.9. The predicted octanol–water partition coefficient (Wildman–Crippen LogP) is 2.82. The molecule has 0 fully saturated rings. The predicted molar refractivity (Wildman–Crippen MR) is 82.0 cm³/mol. The summed E-state index contributed by atoms with van der Waals surface area (Å²) in [5.41, 5.74) is 3.23. The molecule has 0 aliphatic heterocycles. The Hall–Kier alpha value is -1.46. The van der Waals surface area contributed by atoms with Crippen LogP contribution in [-0.4, -0.2) is 28.6 Å². The van der Waals surface area contributed by atoms with E-state index in [1.807, 2.05) is 12.1 Å². The van der Waals surface area contributed by atoms with E-state index in [9.17, 15) is 4.79 Å². The van der Waals surface area contributed by atoms with Gasteiger partial charge < -0.3 is 10.4 Å². The van der Waals surface area contributed by atoms with Crippen LogP contribution in [0.25, 0.3) is 10.2 Å². The van der Waals surface area contributed by atoms with Crippen molar-refractivity contribution in [2.75, 3.05) is 6.61 Å². The Morgan fingerprint density at radius 1 is 1.45 bits per heavy atom. The van der Waals surface area contributed by atoms with Crippen molar-refractivity contribution >= 4 is 27.5 Å². The lowest BCUT2D eigenvalue weighted by Crippen LogP contribution is -2.44. The van der Waals surface area contributed by atoms with Crippen LogP contribution in [0.15, 0.2) is 23.7 Å².